The molecule has 0 aliphatic carbocycles. The van der Waals surface area contributed by atoms with Crippen molar-refractivity contribution in [3.63, 3.8) is 0 Å². The van der Waals surface area contributed by atoms with Crippen LogP contribution in [0, 0.1) is 12.7 Å². The average Bonchev–Trinajstić information content (AvgIpc) is 2.38. The van der Waals surface area contributed by atoms with Crippen molar-refractivity contribution in [1.29, 1.82) is 0 Å². The van der Waals surface area contributed by atoms with E-state index in [4.69, 9.17) is 11.6 Å². The van der Waals surface area contributed by atoms with Crippen molar-refractivity contribution in [2.45, 2.75) is 20.4 Å². The summed E-state index contributed by atoms with van der Waals surface area (Å²) in [5.41, 5.74) is 3.39. The van der Waals surface area contributed by atoms with Crippen molar-refractivity contribution in [1.82, 2.24) is 0 Å². The van der Waals surface area contributed by atoms with E-state index in [9.17, 15) is 9.18 Å². The van der Waals surface area contributed by atoms with E-state index < -0.39 is 0 Å². The standard InChI is InChI=1S/C16H16ClFN2O/c1-10-5-15(3-4-16(10)20-11(2)21)19-9-12-6-13(17)8-14(18)7-12/h3-8,19H,9H2,1-2H3,(H,20,21). The molecule has 3 nitrogen and oxygen atoms in total. The minimum atomic E-state index is -0.350. The summed E-state index contributed by atoms with van der Waals surface area (Å²) >= 11 is 5.82. The highest BCUT2D eigenvalue weighted by Crippen LogP contribution is 2.21. The second kappa shape index (κ2) is 6.59. The van der Waals surface area contributed by atoms with E-state index in [0.29, 0.717) is 11.6 Å². The third-order valence-electron chi connectivity index (χ3n) is 2.96. The molecule has 0 spiro atoms. The van der Waals surface area contributed by atoms with E-state index in [2.05, 4.69) is 10.6 Å². The number of rotatable bonds is 4. The van der Waals surface area contributed by atoms with Gasteiger partial charge in [0.2, 0.25) is 5.91 Å². The third kappa shape index (κ3) is 4.46. The molecule has 0 atom stereocenters. The third-order valence-corrected chi connectivity index (χ3v) is 3.17. The van der Waals surface area contributed by atoms with E-state index in [1.54, 1.807) is 6.07 Å². The smallest absolute Gasteiger partial charge is 0.221 e. The molecule has 110 valence electrons. The molecular formula is C16H16ClFN2O. The van der Waals surface area contributed by atoms with Crippen LogP contribution in [-0.4, -0.2) is 5.91 Å². The van der Waals surface area contributed by atoms with Gasteiger partial charge in [-0.25, -0.2) is 4.39 Å². The summed E-state index contributed by atoms with van der Waals surface area (Å²) in [6.45, 7) is 3.85. The van der Waals surface area contributed by atoms with Crippen LogP contribution < -0.4 is 10.6 Å². The molecule has 2 N–H and O–H groups in total. The maximum Gasteiger partial charge on any atom is 0.221 e. The molecule has 1 amide bonds. The Kier molecular flexibility index (Phi) is 4.81. The van der Waals surface area contributed by atoms with Crippen LogP contribution in [0.25, 0.3) is 0 Å². The first-order chi connectivity index (χ1) is 9.94. The van der Waals surface area contributed by atoms with E-state index in [0.717, 1.165) is 22.5 Å². The number of carbonyl (C=O) groups is 1. The average molecular weight is 307 g/mol. The van der Waals surface area contributed by atoms with Crippen molar-refractivity contribution in [3.05, 3.63) is 58.4 Å². The lowest BCUT2D eigenvalue weighted by molar-refractivity contribution is -0.114. The van der Waals surface area contributed by atoms with Gasteiger partial charge >= 0.3 is 0 Å². The normalized spacial score (nSPS) is 10.3. The lowest BCUT2D eigenvalue weighted by Crippen LogP contribution is -2.07. The Labute approximate surface area is 128 Å². The molecule has 0 aliphatic heterocycles. The molecule has 5 heteroatoms. The number of amides is 1. The fraction of sp³-hybridized carbons (Fsp3) is 0.188. The number of benzene rings is 2. The zero-order valence-electron chi connectivity index (χ0n) is 11.8. The van der Waals surface area contributed by atoms with Crippen molar-refractivity contribution < 1.29 is 9.18 Å². The minimum absolute atomic E-state index is 0.104. The second-order valence-corrected chi connectivity index (χ2v) is 5.28. The van der Waals surface area contributed by atoms with Gasteiger partial charge in [0.25, 0.3) is 0 Å². The van der Waals surface area contributed by atoms with Gasteiger partial charge in [0.05, 0.1) is 0 Å². The molecular weight excluding hydrogens is 291 g/mol. The Bertz CT molecular complexity index is 653. The van der Waals surface area contributed by atoms with Gasteiger partial charge in [-0.05, 0) is 54.4 Å². The van der Waals surface area contributed by atoms with Gasteiger partial charge in [-0.15, -0.1) is 0 Å². The van der Waals surface area contributed by atoms with Crippen LogP contribution in [0.1, 0.15) is 18.1 Å². The summed E-state index contributed by atoms with van der Waals surface area (Å²) in [6, 6.07) is 10.0. The largest absolute Gasteiger partial charge is 0.381 e. The summed E-state index contributed by atoms with van der Waals surface area (Å²) in [6.07, 6.45) is 0. The zero-order valence-corrected chi connectivity index (χ0v) is 12.6. The first-order valence-electron chi connectivity index (χ1n) is 6.51. The van der Waals surface area contributed by atoms with Crippen LogP contribution >= 0.6 is 11.6 Å². The number of anilines is 2. The SMILES string of the molecule is CC(=O)Nc1ccc(NCc2cc(F)cc(Cl)c2)cc1C. The van der Waals surface area contributed by atoms with Crippen molar-refractivity contribution >= 4 is 28.9 Å². The Morgan fingerprint density at radius 2 is 2.00 bits per heavy atom. The van der Waals surface area contributed by atoms with Gasteiger partial charge in [0.1, 0.15) is 5.82 Å². The maximum atomic E-state index is 13.2. The Morgan fingerprint density at radius 3 is 2.62 bits per heavy atom. The van der Waals surface area contributed by atoms with Gasteiger partial charge < -0.3 is 10.6 Å². The predicted molar refractivity (Wildman–Crippen MR) is 84.2 cm³/mol. The summed E-state index contributed by atoms with van der Waals surface area (Å²) in [5.74, 6) is -0.454. The van der Waals surface area contributed by atoms with Crippen LogP contribution in [0.4, 0.5) is 15.8 Å². The van der Waals surface area contributed by atoms with Gasteiger partial charge in [0, 0.05) is 29.9 Å². The van der Waals surface area contributed by atoms with Crippen LogP contribution in [0.2, 0.25) is 5.02 Å². The van der Waals surface area contributed by atoms with Crippen LogP contribution in [0.5, 0.6) is 0 Å². The lowest BCUT2D eigenvalue weighted by atomic mass is 10.1. The summed E-state index contributed by atoms with van der Waals surface area (Å²) < 4.78 is 13.2. The Hall–Kier alpha value is -2.07. The van der Waals surface area contributed by atoms with E-state index >= 15 is 0 Å². The molecule has 21 heavy (non-hydrogen) atoms. The molecule has 0 saturated carbocycles. The topological polar surface area (TPSA) is 41.1 Å². The monoisotopic (exact) mass is 306 g/mol. The summed E-state index contributed by atoms with van der Waals surface area (Å²) in [7, 11) is 0. The lowest BCUT2D eigenvalue weighted by Gasteiger charge is -2.11. The van der Waals surface area contributed by atoms with Crippen molar-refractivity contribution in [2.75, 3.05) is 10.6 Å². The summed E-state index contributed by atoms with van der Waals surface area (Å²) in [4.78, 5) is 11.1. The number of hydrogen-bond acceptors (Lipinski definition) is 2. The van der Waals surface area contributed by atoms with Gasteiger partial charge in [-0.2, -0.15) is 0 Å². The number of nitrogens with one attached hydrogen (secondary N) is 2. The number of carbonyl (C=O) groups excluding carboxylic acids is 1. The van der Waals surface area contributed by atoms with Crippen LogP contribution in [0.15, 0.2) is 36.4 Å². The second-order valence-electron chi connectivity index (χ2n) is 4.84. The van der Waals surface area contributed by atoms with Crippen molar-refractivity contribution in [2.24, 2.45) is 0 Å². The summed E-state index contributed by atoms with van der Waals surface area (Å²) in [5, 5.41) is 6.33. The fourth-order valence-corrected chi connectivity index (χ4v) is 2.27. The minimum Gasteiger partial charge on any atom is -0.381 e. The van der Waals surface area contributed by atoms with E-state index in [1.807, 2.05) is 25.1 Å². The molecule has 0 fully saturated rings. The molecule has 2 aromatic rings. The van der Waals surface area contributed by atoms with Crippen molar-refractivity contribution in [3.8, 4) is 0 Å². The molecule has 2 aromatic carbocycles. The first kappa shape index (κ1) is 15.3. The molecule has 0 unspecified atom stereocenters. The Morgan fingerprint density at radius 1 is 1.24 bits per heavy atom. The van der Waals surface area contributed by atoms with E-state index in [-0.39, 0.29) is 11.7 Å². The number of halogens is 2. The maximum absolute atomic E-state index is 13.2. The zero-order chi connectivity index (χ0) is 15.4. The molecule has 0 radical (unpaired) electrons. The van der Waals surface area contributed by atoms with Crippen LogP contribution in [0.3, 0.4) is 0 Å². The molecule has 0 aliphatic rings. The fourth-order valence-electron chi connectivity index (χ4n) is 2.02. The predicted octanol–water partition coefficient (Wildman–Crippen LogP) is 4.36. The quantitative estimate of drug-likeness (QED) is 0.881. The number of aryl methyl sites for hydroxylation is 1. The highest BCUT2D eigenvalue weighted by Gasteiger charge is 2.03. The molecule has 0 bridgehead atoms. The Balaban J connectivity index is 2.06. The van der Waals surface area contributed by atoms with E-state index in [1.165, 1.54) is 19.1 Å². The first-order valence-corrected chi connectivity index (χ1v) is 6.89. The molecule has 0 heterocycles. The highest BCUT2D eigenvalue weighted by atomic mass is 35.5. The molecule has 2 rings (SSSR count). The van der Waals surface area contributed by atoms with Gasteiger partial charge in [-0.3, -0.25) is 4.79 Å². The van der Waals surface area contributed by atoms with Gasteiger partial charge in [0.15, 0.2) is 0 Å². The number of hydrogen-bond donors (Lipinski definition) is 2. The molecule has 0 saturated heterocycles. The van der Waals surface area contributed by atoms with Gasteiger partial charge in [-0.1, -0.05) is 11.6 Å². The molecule has 0 aromatic heterocycles. The van der Waals surface area contributed by atoms with Crippen LogP contribution in [-0.2, 0) is 11.3 Å². The highest BCUT2D eigenvalue weighted by molar-refractivity contribution is 6.30.